The Hall–Kier alpha value is -3.40. The van der Waals surface area contributed by atoms with E-state index in [0.29, 0.717) is 36.7 Å². The van der Waals surface area contributed by atoms with E-state index in [4.69, 9.17) is 14.2 Å². The molecule has 0 aromatic heterocycles. The monoisotopic (exact) mass is 658 g/mol. The smallest absolute Gasteiger partial charge is 0.303 e. The van der Waals surface area contributed by atoms with Gasteiger partial charge in [-0.05, 0) is 79.3 Å². The molecule has 1 saturated heterocycles. The van der Waals surface area contributed by atoms with Gasteiger partial charge >= 0.3 is 5.97 Å². The zero-order chi connectivity index (χ0) is 33.0. The van der Waals surface area contributed by atoms with Crippen LogP contribution in [0.4, 0.5) is 0 Å². The number of methoxy groups -OCH3 is 1. The van der Waals surface area contributed by atoms with Gasteiger partial charge in [-0.1, -0.05) is 74.5 Å². The first kappa shape index (κ1) is 32.2. The van der Waals surface area contributed by atoms with Crippen LogP contribution in [-0.2, 0) is 50.0 Å². The third-order valence-corrected chi connectivity index (χ3v) is 12.4. The molecule has 2 fully saturated rings. The van der Waals surface area contributed by atoms with Crippen LogP contribution in [-0.4, -0.2) is 63.3 Å². The Balaban J connectivity index is 1.27. The van der Waals surface area contributed by atoms with E-state index in [1.54, 1.807) is 7.11 Å². The van der Waals surface area contributed by atoms with Gasteiger partial charge in [-0.25, -0.2) is 13.1 Å². The topological polar surface area (TPSA) is 94.2 Å². The van der Waals surface area contributed by atoms with Crippen LogP contribution < -0.4 is 14.2 Å². The zero-order valence-electron chi connectivity index (χ0n) is 27.8. The van der Waals surface area contributed by atoms with Crippen LogP contribution in [0.3, 0.4) is 0 Å². The number of esters is 1. The highest BCUT2D eigenvalue weighted by Gasteiger charge is 2.75. The number of ether oxygens (including phenoxy) is 3. The molecule has 1 spiro atoms. The number of likely N-dealkylation sites (tertiary alicyclic amines) is 1. The summed E-state index contributed by atoms with van der Waals surface area (Å²) in [5.41, 5.74) is 3.76. The molecule has 7 rings (SSSR count). The van der Waals surface area contributed by atoms with E-state index < -0.39 is 33.2 Å². The number of sulfonamides is 1. The maximum absolute atomic E-state index is 14.0. The summed E-state index contributed by atoms with van der Waals surface area (Å²) in [7, 11) is -2.11. The predicted octanol–water partition coefficient (Wildman–Crippen LogP) is 5.35. The summed E-state index contributed by atoms with van der Waals surface area (Å²) in [5, 5.41) is 0. The number of benzene rings is 3. The third-order valence-electron chi connectivity index (χ3n) is 11.0. The lowest BCUT2D eigenvalue weighted by molar-refractivity contribution is -0.218. The summed E-state index contributed by atoms with van der Waals surface area (Å²) in [6, 6.07) is 21.8. The van der Waals surface area contributed by atoms with Crippen LogP contribution in [0.25, 0.3) is 0 Å². The van der Waals surface area contributed by atoms with Crippen molar-refractivity contribution in [3.8, 4) is 11.5 Å². The summed E-state index contributed by atoms with van der Waals surface area (Å²) in [4.78, 5) is 15.5. The van der Waals surface area contributed by atoms with Gasteiger partial charge in [0.1, 0.15) is 11.7 Å². The normalized spacial score (nSPS) is 27.6. The molecule has 2 heterocycles. The van der Waals surface area contributed by atoms with Crippen molar-refractivity contribution in [3.05, 3.63) is 94.5 Å². The maximum atomic E-state index is 14.0. The molecule has 2 aliphatic carbocycles. The molecule has 3 aromatic rings. The van der Waals surface area contributed by atoms with Crippen molar-refractivity contribution < 1.29 is 27.4 Å². The quantitative estimate of drug-likeness (QED) is 0.278. The van der Waals surface area contributed by atoms with E-state index in [-0.39, 0.29) is 17.8 Å². The van der Waals surface area contributed by atoms with Crippen molar-refractivity contribution in [2.24, 2.45) is 5.92 Å². The van der Waals surface area contributed by atoms with E-state index in [9.17, 15) is 13.2 Å². The predicted molar refractivity (Wildman–Crippen MR) is 181 cm³/mol. The molecular formula is C38H46N2O6S. The van der Waals surface area contributed by atoms with Crippen LogP contribution in [0.5, 0.6) is 11.5 Å². The van der Waals surface area contributed by atoms with E-state index in [1.165, 1.54) is 12.5 Å². The lowest BCUT2D eigenvalue weighted by Crippen LogP contribution is -2.79. The zero-order valence-corrected chi connectivity index (χ0v) is 28.6. The molecule has 0 amide bonds. The van der Waals surface area contributed by atoms with Crippen LogP contribution in [0.2, 0.25) is 0 Å². The molecule has 47 heavy (non-hydrogen) atoms. The second-order valence-electron chi connectivity index (χ2n) is 14.3. The standard InChI is InChI=1S/C38H46N2O6S/c1-25(2)22-28-12-8-9-13-30(28)24-47(42,43)39-31-16-18-38(46-26(3)41)33-23-29-14-15-32(44-4)35-34(29)37(38,36(31)45-35)19-21-40(33)20-17-27-10-6-5-7-11-27/h5-15,25,31,33,36,39H,16-24H2,1-4H3/t31-,33+,36-,37-,38+/m0/s1. The van der Waals surface area contributed by atoms with Gasteiger partial charge in [-0.15, -0.1) is 0 Å². The van der Waals surface area contributed by atoms with Crippen LogP contribution in [0.1, 0.15) is 67.9 Å². The molecule has 9 heteroatoms. The van der Waals surface area contributed by atoms with Crippen molar-refractivity contribution >= 4 is 16.0 Å². The fourth-order valence-electron chi connectivity index (χ4n) is 9.34. The fourth-order valence-corrected chi connectivity index (χ4v) is 10.8. The van der Waals surface area contributed by atoms with Crippen molar-refractivity contribution in [3.63, 3.8) is 0 Å². The summed E-state index contributed by atoms with van der Waals surface area (Å²) in [6.45, 7) is 7.40. The fraction of sp³-hybridized carbons (Fsp3) is 0.500. The van der Waals surface area contributed by atoms with Gasteiger partial charge in [0.15, 0.2) is 11.5 Å². The first-order valence-corrected chi connectivity index (χ1v) is 18.6. The van der Waals surface area contributed by atoms with Gasteiger partial charge in [-0.2, -0.15) is 0 Å². The highest BCUT2D eigenvalue weighted by molar-refractivity contribution is 7.88. The first-order chi connectivity index (χ1) is 22.6. The molecule has 0 radical (unpaired) electrons. The molecule has 4 aliphatic rings. The average molecular weight is 659 g/mol. The minimum Gasteiger partial charge on any atom is -0.493 e. The maximum Gasteiger partial charge on any atom is 0.303 e. The Morgan fingerprint density at radius 3 is 2.51 bits per heavy atom. The van der Waals surface area contributed by atoms with E-state index >= 15 is 0 Å². The van der Waals surface area contributed by atoms with Crippen LogP contribution in [0, 0.1) is 5.92 Å². The molecule has 3 aromatic carbocycles. The highest BCUT2D eigenvalue weighted by atomic mass is 32.2. The lowest BCUT2D eigenvalue weighted by atomic mass is 9.48. The number of nitrogens with one attached hydrogen (secondary N) is 1. The molecule has 2 aliphatic heterocycles. The van der Waals surface area contributed by atoms with E-state index in [0.717, 1.165) is 54.6 Å². The Bertz CT molecular complexity index is 1760. The third kappa shape index (κ3) is 5.44. The van der Waals surface area contributed by atoms with Crippen LogP contribution >= 0.6 is 0 Å². The van der Waals surface area contributed by atoms with Crippen molar-refractivity contribution in [1.82, 2.24) is 9.62 Å². The van der Waals surface area contributed by atoms with Gasteiger partial charge in [0.25, 0.3) is 0 Å². The lowest BCUT2D eigenvalue weighted by Gasteiger charge is -2.65. The Labute approximate surface area is 278 Å². The van der Waals surface area contributed by atoms with Crippen molar-refractivity contribution in [2.75, 3.05) is 20.2 Å². The first-order valence-electron chi connectivity index (χ1n) is 17.0. The largest absolute Gasteiger partial charge is 0.493 e. The van der Waals surface area contributed by atoms with Crippen molar-refractivity contribution in [1.29, 1.82) is 0 Å². The van der Waals surface area contributed by atoms with Gasteiger partial charge in [0.2, 0.25) is 10.0 Å². The second kappa shape index (κ2) is 12.2. The molecule has 5 atom stereocenters. The minimum absolute atomic E-state index is 0.0673. The molecule has 2 bridgehead atoms. The van der Waals surface area contributed by atoms with Gasteiger partial charge < -0.3 is 14.2 Å². The van der Waals surface area contributed by atoms with Gasteiger partial charge in [-0.3, -0.25) is 9.69 Å². The number of carbonyl (C=O) groups is 1. The summed E-state index contributed by atoms with van der Waals surface area (Å²) in [6.07, 6.45) is 3.57. The number of rotatable bonds is 11. The number of nitrogens with zero attached hydrogens (tertiary/aromatic N) is 1. The number of carbonyl (C=O) groups excluding carboxylic acids is 1. The average Bonchev–Trinajstić information content (AvgIpc) is 3.38. The molecule has 8 nitrogen and oxygen atoms in total. The Morgan fingerprint density at radius 2 is 1.79 bits per heavy atom. The number of hydrogen-bond acceptors (Lipinski definition) is 7. The molecular weight excluding hydrogens is 612 g/mol. The summed E-state index contributed by atoms with van der Waals surface area (Å²) >= 11 is 0. The summed E-state index contributed by atoms with van der Waals surface area (Å²) in [5.74, 6) is 1.28. The SMILES string of the molecule is COc1ccc2c3c1O[C@H]1[C@@H](NS(=O)(=O)Cc4ccccc4CC(C)C)CC[C@@]4(OC(C)=O)[C@@H](C2)N(CCc2ccccc2)CC[C@]314. The van der Waals surface area contributed by atoms with Crippen LogP contribution in [0.15, 0.2) is 66.7 Å². The van der Waals surface area contributed by atoms with E-state index in [2.05, 4.69) is 53.8 Å². The number of hydrogen-bond donors (Lipinski definition) is 1. The van der Waals surface area contributed by atoms with Gasteiger partial charge in [0.05, 0.1) is 30.4 Å². The number of piperidine rings is 1. The van der Waals surface area contributed by atoms with Crippen molar-refractivity contribution in [2.45, 2.75) is 94.3 Å². The highest BCUT2D eigenvalue weighted by Crippen LogP contribution is 2.66. The minimum atomic E-state index is -3.75. The molecule has 250 valence electrons. The summed E-state index contributed by atoms with van der Waals surface area (Å²) < 4.78 is 50.4. The van der Waals surface area contributed by atoms with Gasteiger partial charge in [0, 0.05) is 19.0 Å². The molecule has 1 saturated carbocycles. The Kier molecular flexibility index (Phi) is 8.38. The Morgan fingerprint density at radius 1 is 1.04 bits per heavy atom. The second-order valence-corrected chi connectivity index (χ2v) is 16.0. The van der Waals surface area contributed by atoms with E-state index in [1.807, 2.05) is 36.4 Å². The molecule has 1 N–H and O–H groups in total. The molecule has 0 unspecified atom stereocenters.